The number of methoxy groups -OCH3 is 1. The number of fused-ring (bicyclic) bond motifs is 1. The summed E-state index contributed by atoms with van der Waals surface area (Å²) in [5.74, 6) is -0.713. The smallest absolute Gasteiger partial charge is 0.234 e. The normalized spacial score (nSPS) is 10.9. The summed E-state index contributed by atoms with van der Waals surface area (Å²) in [7, 11) is 1.59. The van der Waals surface area contributed by atoms with Crippen molar-refractivity contribution in [2.24, 2.45) is 0 Å². The van der Waals surface area contributed by atoms with Gasteiger partial charge in [-0.05, 0) is 48.5 Å². The predicted molar refractivity (Wildman–Crippen MR) is 108 cm³/mol. The van der Waals surface area contributed by atoms with Gasteiger partial charge in [0.05, 0.1) is 18.6 Å². The van der Waals surface area contributed by atoms with Crippen LogP contribution in [0.25, 0.3) is 17.0 Å². The molecule has 0 saturated carbocycles. The van der Waals surface area contributed by atoms with Crippen LogP contribution in [0.4, 0.5) is 14.5 Å². The molecule has 2 heterocycles. The summed E-state index contributed by atoms with van der Waals surface area (Å²) < 4.78 is 33.4. The van der Waals surface area contributed by atoms with Crippen LogP contribution in [0, 0.1) is 11.6 Å². The van der Waals surface area contributed by atoms with E-state index in [4.69, 9.17) is 4.74 Å². The second kappa shape index (κ2) is 8.46. The minimum Gasteiger partial charge on any atom is -0.497 e. The Kier molecular flexibility index (Phi) is 5.57. The Bertz CT molecular complexity index is 1210. The van der Waals surface area contributed by atoms with Crippen molar-refractivity contribution in [2.45, 2.75) is 5.03 Å². The first-order chi connectivity index (χ1) is 14.5. The molecular formula is C20H15F2N5O2S. The van der Waals surface area contributed by atoms with E-state index in [9.17, 15) is 13.6 Å². The number of benzene rings is 2. The average molecular weight is 427 g/mol. The highest BCUT2D eigenvalue weighted by atomic mass is 32.2. The van der Waals surface area contributed by atoms with E-state index in [1.54, 1.807) is 23.8 Å². The van der Waals surface area contributed by atoms with Crippen LogP contribution in [0.2, 0.25) is 0 Å². The fraction of sp³-hybridized carbons (Fsp3) is 0.100. The van der Waals surface area contributed by atoms with Crippen LogP contribution in [0.5, 0.6) is 5.75 Å². The standard InChI is InChI=1S/C20H15F2N5O2S/c1-29-14-5-2-12(3-6-14)20-25-24-17-8-9-19(26-27(17)20)30-11-18(28)23-16-7-4-13(21)10-15(16)22/h2-10H,11H2,1H3,(H,23,28). The van der Waals surface area contributed by atoms with E-state index in [0.717, 1.165) is 17.4 Å². The molecule has 0 atom stereocenters. The molecule has 0 aliphatic rings. The number of amides is 1. The Morgan fingerprint density at radius 1 is 1.10 bits per heavy atom. The van der Waals surface area contributed by atoms with Crippen molar-refractivity contribution in [3.8, 4) is 17.1 Å². The maximum Gasteiger partial charge on any atom is 0.234 e. The lowest BCUT2D eigenvalue weighted by Gasteiger charge is -2.06. The Morgan fingerprint density at radius 2 is 1.90 bits per heavy atom. The molecule has 2 aromatic heterocycles. The van der Waals surface area contributed by atoms with Gasteiger partial charge in [-0.15, -0.1) is 10.2 Å². The van der Waals surface area contributed by atoms with E-state index in [2.05, 4.69) is 20.6 Å². The maximum atomic E-state index is 13.7. The van der Waals surface area contributed by atoms with Gasteiger partial charge >= 0.3 is 0 Å². The number of hydrogen-bond donors (Lipinski definition) is 1. The SMILES string of the molecule is COc1ccc(-c2nnc3ccc(SCC(=O)Nc4ccc(F)cc4F)nn23)cc1. The third-order valence-electron chi connectivity index (χ3n) is 4.14. The van der Waals surface area contributed by atoms with Crippen molar-refractivity contribution in [3.63, 3.8) is 0 Å². The van der Waals surface area contributed by atoms with Gasteiger partial charge in [0.2, 0.25) is 5.91 Å². The second-order valence-electron chi connectivity index (χ2n) is 6.15. The maximum absolute atomic E-state index is 13.7. The molecule has 30 heavy (non-hydrogen) atoms. The van der Waals surface area contributed by atoms with Crippen molar-refractivity contribution in [3.05, 3.63) is 66.2 Å². The molecule has 1 N–H and O–H groups in total. The largest absolute Gasteiger partial charge is 0.497 e. The molecule has 0 saturated heterocycles. The fourth-order valence-electron chi connectivity index (χ4n) is 2.69. The lowest BCUT2D eigenvalue weighted by atomic mass is 10.2. The number of anilines is 1. The van der Waals surface area contributed by atoms with Crippen LogP contribution in [-0.2, 0) is 4.79 Å². The van der Waals surface area contributed by atoms with E-state index in [-0.39, 0.29) is 11.4 Å². The number of halogens is 2. The molecule has 0 aliphatic carbocycles. The zero-order valence-electron chi connectivity index (χ0n) is 15.7. The van der Waals surface area contributed by atoms with Gasteiger partial charge in [0.1, 0.15) is 22.4 Å². The number of ether oxygens (including phenoxy) is 1. The van der Waals surface area contributed by atoms with Crippen LogP contribution in [-0.4, -0.2) is 38.6 Å². The Morgan fingerprint density at radius 3 is 2.63 bits per heavy atom. The summed E-state index contributed by atoms with van der Waals surface area (Å²) in [5.41, 5.74) is 1.29. The minimum atomic E-state index is -0.832. The topological polar surface area (TPSA) is 81.4 Å². The molecule has 4 rings (SSSR count). The van der Waals surface area contributed by atoms with Gasteiger partial charge in [0.15, 0.2) is 11.5 Å². The van der Waals surface area contributed by atoms with E-state index in [0.29, 0.717) is 22.6 Å². The summed E-state index contributed by atoms with van der Waals surface area (Å²) in [5, 5.41) is 15.7. The molecule has 10 heteroatoms. The number of aromatic nitrogens is 4. The number of nitrogens with one attached hydrogen (secondary N) is 1. The zero-order chi connectivity index (χ0) is 21.1. The Hall–Kier alpha value is -3.53. The van der Waals surface area contributed by atoms with Crippen LogP contribution in [0.1, 0.15) is 0 Å². The Labute approximate surface area is 174 Å². The lowest BCUT2D eigenvalue weighted by Crippen LogP contribution is -2.15. The van der Waals surface area contributed by atoms with Gasteiger partial charge in [-0.25, -0.2) is 8.78 Å². The third-order valence-corrected chi connectivity index (χ3v) is 5.06. The molecule has 0 fully saturated rings. The molecule has 4 aromatic rings. The highest BCUT2D eigenvalue weighted by Gasteiger charge is 2.12. The summed E-state index contributed by atoms with van der Waals surface area (Å²) in [6.07, 6.45) is 0. The fourth-order valence-corrected chi connectivity index (χ4v) is 3.34. The first-order valence-corrected chi connectivity index (χ1v) is 9.76. The number of rotatable bonds is 6. The van der Waals surface area contributed by atoms with Crippen molar-refractivity contribution in [2.75, 3.05) is 18.2 Å². The Balaban J connectivity index is 1.48. The second-order valence-corrected chi connectivity index (χ2v) is 7.15. The minimum absolute atomic E-state index is 0.00464. The predicted octanol–water partition coefficient (Wildman–Crippen LogP) is 3.81. The van der Waals surface area contributed by atoms with E-state index >= 15 is 0 Å². The van der Waals surface area contributed by atoms with Crippen molar-refractivity contribution in [1.82, 2.24) is 19.8 Å². The molecule has 2 aromatic carbocycles. The summed E-state index contributed by atoms with van der Waals surface area (Å²) in [6.45, 7) is 0. The summed E-state index contributed by atoms with van der Waals surface area (Å²) >= 11 is 1.17. The van der Waals surface area contributed by atoms with E-state index in [1.165, 1.54) is 17.8 Å². The molecule has 0 aliphatic heterocycles. The van der Waals surface area contributed by atoms with Gasteiger partial charge < -0.3 is 10.1 Å². The van der Waals surface area contributed by atoms with Crippen molar-refractivity contribution >= 4 is 29.0 Å². The first-order valence-electron chi connectivity index (χ1n) is 8.78. The number of nitrogens with zero attached hydrogens (tertiary/aromatic N) is 4. The highest BCUT2D eigenvalue weighted by Crippen LogP contribution is 2.23. The summed E-state index contributed by atoms with van der Waals surface area (Å²) in [4.78, 5) is 12.1. The number of hydrogen-bond acceptors (Lipinski definition) is 6. The van der Waals surface area contributed by atoms with Crippen molar-refractivity contribution in [1.29, 1.82) is 0 Å². The molecular weight excluding hydrogens is 412 g/mol. The van der Waals surface area contributed by atoms with Gasteiger partial charge in [0, 0.05) is 11.6 Å². The lowest BCUT2D eigenvalue weighted by molar-refractivity contribution is -0.113. The average Bonchev–Trinajstić information content (AvgIpc) is 3.17. The molecule has 0 bridgehead atoms. The van der Waals surface area contributed by atoms with Crippen LogP contribution >= 0.6 is 11.8 Å². The highest BCUT2D eigenvalue weighted by molar-refractivity contribution is 7.99. The van der Waals surface area contributed by atoms with E-state index < -0.39 is 17.5 Å². The molecule has 1 amide bonds. The quantitative estimate of drug-likeness (QED) is 0.472. The molecule has 0 spiro atoms. The van der Waals surface area contributed by atoms with Gasteiger partial charge in [0.25, 0.3) is 0 Å². The molecule has 7 nitrogen and oxygen atoms in total. The van der Waals surface area contributed by atoms with Crippen LogP contribution < -0.4 is 10.1 Å². The van der Waals surface area contributed by atoms with Crippen molar-refractivity contribution < 1.29 is 18.3 Å². The monoisotopic (exact) mass is 427 g/mol. The van der Waals surface area contributed by atoms with Gasteiger partial charge in [-0.2, -0.15) is 9.61 Å². The molecule has 0 radical (unpaired) electrons. The van der Waals surface area contributed by atoms with Gasteiger partial charge in [-0.1, -0.05) is 11.8 Å². The number of carbonyl (C=O) groups is 1. The third kappa shape index (κ3) is 4.23. The first kappa shape index (κ1) is 19.8. The number of carbonyl (C=O) groups excluding carboxylic acids is 1. The number of thioether (sulfide) groups is 1. The van der Waals surface area contributed by atoms with Crippen LogP contribution in [0.15, 0.2) is 59.6 Å². The van der Waals surface area contributed by atoms with Gasteiger partial charge in [-0.3, -0.25) is 4.79 Å². The molecule has 152 valence electrons. The van der Waals surface area contributed by atoms with Crippen LogP contribution in [0.3, 0.4) is 0 Å². The van der Waals surface area contributed by atoms with E-state index in [1.807, 2.05) is 24.3 Å². The summed E-state index contributed by atoms with van der Waals surface area (Å²) in [6, 6.07) is 13.8. The zero-order valence-corrected chi connectivity index (χ0v) is 16.5. The molecule has 0 unspecified atom stereocenters.